The molecule has 2 aromatic rings. The highest BCUT2D eigenvalue weighted by Crippen LogP contribution is 2.12. The summed E-state index contributed by atoms with van der Waals surface area (Å²) in [6.07, 6.45) is 2.09. The topological polar surface area (TPSA) is 101 Å². The summed E-state index contributed by atoms with van der Waals surface area (Å²) in [6, 6.07) is 3.91. The average molecular weight is 286 g/mol. The van der Waals surface area contributed by atoms with Gasteiger partial charge < -0.3 is 5.73 Å². The molecule has 8 heteroatoms. The van der Waals surface area contributed by atoms with Gasteiger partial charge in [0.1, 0.15) is 0 Å². The molecule has 0 aliphatic heterocycles. The summed E-state index contributed by atoms with van der Waals surface area (Å²) in [5, 5.41) is 8.17. The lowest BCUT2D eigenvalue weighted by atomic mass is 10.3. The van der Waals surface area contributed by atoms with Crippen molar-refractivity contribution >= 4 is 21.4 Å². The molecule has 4 N–H and O–H groups in total. The van der Waals surface area contributed by atoms with Crippen LogP contribution in [0.3, 0.4) is 0 Å². The van der Waals surface area contributed by atoms with Gasteiger partial charge in [-0.2, -0.15) is 5.10 Å². The largest absolute Gasteiger partial charge is 0.326 e. The Morgan fingerprint density at radius 2 is 2.33 bits per heavy atom. The quantitative estimate of drug-likeness (QED) is 0.717. The number of rotatable bonds is 6. The first-order chi connectivity index (χ1) is 8.63. The van der Waals surface area contributed by atoms with Crippen molar-refractivity contribution in [1.82, 2.24) is 14.9 Å². The van der Waals surface area contributed by atoms with Crippen LogP contribution in [0.1, 0.15) is 10.4 Å². The van der Waals surface area contributed by atoms with Crippen molar-refractivity contribution in [3.63, 3.8) is 0 Å². The van der Waals surface area contributed by atoms with Crippen molar-refractivity contribution in [3.05, 3.63) is 34.2 Å². The summed E-state index contributed by atoms with van der Waals surface area (Å²) in [4.78, 5) is 1.14. The van der Waals surface area contributed by atoms with E-state index in [1.807, 2.05) is 17.5 Å². The Morgan fingerprint density at radius 1 is 1.50 bits per heavy atom. The van der Waals surface area contributed by atoms with Crippen LogP contribution < -0.4 is 10.5 Å². The lowest BCUT2D eigenvalue weighted by Crippen LogP contribution is -2.27. The molecule has 18 heavy (non-hydrogen) atoms. The van der Waals surface area contributed by atoms with Crippen molar-refractivity contribution in [3.8, 4) is 0 Å². The summed E-state index contributed by atoms with van der Waals surface area (Å²) in [5.41, 5.74) is 5.93. The first kappa shape index (κ1) is 13.2. The van der Waals surface area contributed by atoms with Crippen molar-refractivity contribution in [1.29, 1.82) is 0 Å². The molecule has 0 unspecified atom stereocenters. The van der Waals surface area contributed by atoms with Crippen LogP contribution in [0.5, 0.6) is 0 Å². The molecule has 2 aromatic heterocycles. The number of sulfonamides is 1. The third-order valence-corrected chi connectivity index (χ3v) is 4.82. The van der Waals surface area contributed by atoms with Gasteiger partial charge in [0, 0.05) is 23.5 Å². The second-order valence-corrected chi connectivity index (χ2v) is 6.39. The van der Waals surface area contributed by atoms with Crippen LogP contribution >= 0.6 is 11.3 Å². The Bertz CT molecular complexity index is 589. The number of hydrogen-bond acceptors (Lipinski definition) is 5. The molecule has 0 fully saturated rings. The van der Waals surface area contributed by atoms with E-state index in [4.69, 9.17) is 5.73 Å². The van der Waals surface area contributed by atoms with Crippen molar-refractivity contribution < 1.29 is 8.42 Å². The van der Waals surface area contributed by atoms with Gasteiger partial charge in [0.2, 0.25) is 0 Å². The number of hydrogen-bond donors (Lipinski definition) is 3. The van der Waals surface area contributed by atoms with Crippen LogP contribution in [0.2, 0.25) is 0 Å². The molecule has 0 saturated heterocycles. The van der Waals surface area contributed by atoms with Crippen LogP contribution in [0.25, 0.3) is 0 Å². The van der Waals surface area contributed by atoms with Gasteiger partial charge in [-0.15, -0.1) is 11.3 Å². The number of nitrogens with two attached hydrogens (primary N) is 1. The maximum absolute atomic E-state index is 12.0. The highest BCUT2D eigenvalue weighted by Gasteiger charge is 2.19. The van der Waals surface area contributed by atoms with Crippen molar-refractivity contribution in [2.24, 2.45) is 5.73 Å². The zero-order chi connectivity index (χ0) is 13.0. The molecule has 0 atom stereocenters. The van der Waals surface area contributed by atoms with E-state index in [0.717, 1.165) is 4.88 Å². The van der Waals surface area contributed by atoms with Crippen molar-refractivity contribution in [2.45, 2.75) is 18.0 Å². The molecule has 98 valence electrons. The highest BCUT2D eigenvalue weighted by molar-refractivity contribution is 7.89. The highest BCUT2D eigenvalue weighted by atomic mass is 32.2. The zero-order valence-electron chi connectivity index (χ0n) is 9.59. The predicted octanol–water partition coefficient (Wildman–Crippen LogP) is 0.451. The number of aromatic nitrogens is 2. The van der Waals surface area contributed by atoms with E-state index in [9.17, 15) is 8.42 Å². The van der Waals surface area contributed by atoms with E-state index in [2.05, 4.69) is 14.9 Å². The molecule has 0 bridgehead atoms. The second-order valence-electron chi connectivity index (χ2n) is 3.66. The Labute approximate surface area is 109 Å². The van der Waals surface area contributed by atoms with E-state index in [1.54, 1.807) is 11.3 Å². The monoisotopic (exact) mass is 286 g/mol. The van der Waals surface area contributed by atoms with E-state index in [1.165, 1.54) is 6.20 Å². The van der Waals surface area contributed by atoms with E-state index < -0.39 is 10.0 Å². The lowest BCUT2D eigenvalue weighted by Gasteiger charge is -2.05. The smallest absolute Gasteiger partial charge is 0.257 e. The molecular weight excluding hydrogens is 272 g/mol. The molecule has 6 nitrogen and oxygen atoms in total. The Kier molecular flexibility index (Phi) is 4.12. The molecule has 0 aromatic carbocycles. The van der Waals surface area contributed by atoms with Gasteiger partial charge in [0.15, 0.2) is 5.03 Å². The standard InChI is InChI=1S/C10H14N4O2S2/c11-6-8-7-12-14-10(8)18(15,16)13-4-3-9-2-1-5-17-9/h1-2,5,7,13H,3-4,6,11H2,(H,12,14). The summed E-state index contributed by atoms with van der Waals surface area (Å²) >= 11 is 1.60. The van der Waals surface area contributed by atoms with Gasteiger partial charge >= 0.3 is 0 Å². The fourth-order valence-corrected chi connectivity index (χ4v) is 3.39. The van der Waals surface area contributed by atoms with Gasteiger partial charge in [-0.05, 0) is 17.9 Å². The maximum Gasteiger partial charge on any atom is 0.257 e. The molecule has 0 spiro atoms. The van der Waals surface area contributed by atoms with Crippen LogP contribution in [-0.4, -0.2) is 25.2 Å². The second kappa shape index (κ2) is 5.61. The van der Waals surface area contributed by atoms with Gasteiger partial charge in [-0.1, -0.05) is 6.07 Å². The fourth-order valence-electron chi connectivity index (χ4n) is 1.51. The predicted molar refractivity (Wildman–Crippen MR) is 69.7 cm³/mol. The fraction of sp³-hybridized carbons (Fsp3) is 0.300. The van der Waals surface area contributed by atoms with Crippen LogP contribution in [0, 0.1) is 0 Å². The third-order valence-electron chi connectivity index (χ3n) is 2.41. The van der Waals surface area contributed by atoms with Crippen LogP contribution in [0.15, 0.2) is 28.7 Å². The first-order valence-corrected chi connectivity index (χ1v) is 7.74. The molecule has 2 rings (SSSR count). The normalized spacial score (nSPS) is 11.8. The van der Waals surface area contributed by atoms with Gasteiger partial charge in [-0.25, -0.2) is 13.1 Å². The summed E-state index contributed by atoms with van der Waals surface area (Å²) < 4.78 is 26.5. The number of thiophene rings is 1. The van der Waals surface area contributed by atoms with Crippen LogP contribution in [0.4, 0.5) is 0 Å². The molecule has 0 aliphatic rings. The Balaban J connectivity index is 1.99. The van der Waals surface area contributed by atoms with E-state index >= 15 is 0 Å². The summed E-state index contributed by atoms with van der Waals surface area (Å²) in [5.74, 6) is 0. The minimum atomic E-state index is -3.56. The number of H-pyrrole nitrogens is 1. The average Bonchev–Trinajstić information content (AvgIpc) is 2.99. The summed E-state index contributed by atoms with van der Waals surface area (Å²) in [7, 11) is -3.56. The number of aromatic amines is 1. The van der Waals surface area contributed by atoms with Crippen LogP contribution in [-0.2, 0) is 23.0 Å². The minimum Gasteiger partial charge on any atom is -0.326 e. The van der Waals surface area contributed by atoms with Crippen molar-refractivity contribution in [2.75, 3.05) is 6.54 Å². The number of nitrogens with one attached hydrogen (secondary N) is 2. The molecule has 0 radical (unpaired) electrons. The number of nitrogens with zero attached hydrogens (tertiary/aromatic N) is 1. The van der Waals surface area contributed by atoms with E-state index in [0.29, 0.717) is 18.5 Å². The molecule has 0 saturated carbocycles. The lowest BCUT2D eigenvalue weighted by molar-refractivity contribution is 0.576. The molecule has 0 amide bonds. The minimum absolute atomic E-state index is 0.0520. The third kappa shape index (κ3) is 2.96. The first-order valence-electron chi connectivity index (χ1n) is 5.38. The summed E-state index contributed by atoms with van der Waals surface area (Å²) in [6.45, 7) is 0.490. The van der Waals surface area contributed by atoms with E-state index in [-0.39, 0.29) is 11.6 Å². The molecule has 2 heterocycles. The zero-order valence-corrected chi connectivity index (χ0v) is 11.2. The van der Waals surface area contributed by atoms with Gasteiger partial charge in [0.25, 0.3) is 10.0 Å². The Morgan fingerprint density at radius 3 is 3.00 bits per heavy atom. The SMILES string of the molecule is NCc1cn[nH]c1S(=O)(=O)NCCc1cccs1. The maximum atomic E-state index is 12.0. The van der Waals surface area contributed by atoms with Gasteiger partial charge in [0.05, 0.1) is 6.20 Å². The Hall–Kier alpha value is -1.22. The molecule has 0 aliphatic carbocycles. The van der Waals surface area contributed by atoms with Gasteiger partial charge in [-0.3, -0.25) is 5.10 Å². The molecular formula is C10H14N4O2S2.